The first-order valence-electron chi connectivity index (χ1n) is 15.9. The lowest BCUT2D eigenvalue weighted by atomic mass is 9.78. The Morgan fingerprint density at radius 3 is 2.42 bits per heavy atom. The van der Waals surface area contributed by atoms with Crippen molar-refractivity contribution in [2.45, 2.75) is 63.9 Å². The van der Waals surface area contributed by atoms with Gasteiger partial charge in [0.2, 0.25) is 0 Å². The number of pyridine rings is 1. The lowest BCUT2D eigenvalue weighted by Gasteiger charge is -2.50. The number of aromatic nitrogens is 1. The Morgan fingerprint density at radius 2 is 1.77 bits per heavy atom. The summed E-state index contributed by atoms with van der Waals surface area (Å²) in [6.07, 6.45) is -0.426. The van der Waals surface area contributed by atoms with E-state index in [9.17, 15) is 24.2 Å². The molecule has 0 radical (unpaired) electrons. The quantitative estimate of drug-likeness (QED) is 0.151. The van der Waals surface area contributed by atoms with Gasteiger partial charge in [0.05, 0.1) is 30.1 Å². The molecule has 48 heavy (non-hydrogen) atoms. The number of halogens is 1. The number of Topliss-reactive ketones (excluding diaryl/α,β-unsaturated/α-hetero) is 1. The van der Waals surface area contributed by atoms with Crippen molar-refractivity contribution < 1.29 is 38.4 Å². The smallest absolute Gasteiger partial charge is 0.410 e. The molecule has 4 aromatic rings. The van der Waals surface area contributed by atoms with Crippen molar-refractivity contribution in [2.24, 2.45) is 0 Å². The van der Waals surface area contributed by atoms with Crippen molar-refractivity contribution in [2.75, 3.05) is 20.3 Å². The second-order valence-corrected chi connectivity index (χ2v) is 12.6. The summed E-state index contributed by atoms with van der Waals surface area (Å²) in [4.78, 5) is 33.0. The minimum absolute atomic E-state index is 0.00295. The van der Waals surface area contributed by atoms with E-state index in [0.717, 1.165) is 11.1 Å². The number of rotatable bonds is 13. The molecule has 5 rings (SSSR count). The molecule has 2 heterocycles. The van der Waals surface area contributed by atoms with Gasteiger partial charge in [0.25, 0.3) is 0 Å². The van der Waals surface area contributed by atoms with Crippen LogP contribution >= 0.6 is 0 Å². The van der Waals surface area contributed by atoms with Gasteiger partial charge in [0, 0.05) is 24.1 Å². The Balaban J connectivity index is 1.39. The standard InChI is InChI=1S/C38H41FN2O7/c1-25(42)23-47-33-15-12-28(20-34(33)46-4)32(43)16-17-38(3,45)35-22-29(21-31(40-35)27-10-13-30(39)14-11-27)37(2)18-19-41(37)36(44)48-24-26-8-6-5-7-9-26/h5-15,20-22,25,42,45H,16-19,23-24H2,1-4H3/t25-,37+,38?/m1/s1. The summed E-state index contributed by atoms with van der Waals surface area (Å²) in [5.41, 5.74) is 1.16. The van der Waals surface area contributed by atoms with Crippen molar-refractivity contribution in [3.8, 4) is 22.8 Å². The van der Waals surface area contributed by atoms with Crippen LogP contribution in [0.15, 0.2) is 84.9 Å². The van der Waals surface area contributed by atoms with Crippen LogP contribution in [0.3, 0.4) is 0 Å². The van der Waals surface area contributed by atoms with Gasteiger partial charge in [-0.15, -0.1) is 0 Å². The van der Waals surface area contributed by atoms with Gasteiger partial charge in [-0.2, -0.15) is 0 Å². The number of aliphatic hydroxyl groups excluding tert-OH is 1. The van der Waals surface area contributed by atoms with E-state index in [0.29, 0.717) is 47.0 Å². The minimum Gasteiger partial charge on any atom is -0.493 e. The largest absolute Gasteiger partial charge is 0.493 e. The number of ether oxygens (including phenoxy) is 3. The van der Waals surface area contributed by atoms with Crippen LogP contribution in [0, 0.1) is 5.82 Å². The van der Waals surface area contributed by atoms with E-state index in [-0.39, 0.29) is 31.8 Å². The molecule has 252 valence electrons. The summed E-state index contributed by atoms with van der Waals surface area (Å²) >= 11 is 0. The third-order valence-electron chi connectivity index (χ3n) is 8.79. The van der Waals surface area contributed by atoms with Crippen LogP contribution in [0.25, 0.3) is 11.3 Å². The second kappa shape index (κ2) is 14.5. The molecule has 1 aromatic heterocycles. The molecule has 1 aliphatic rings. The van der Waals surface area contributed by atoms with E-state index in [1.54, 1.807) is 55.1 Å². The predicted molar refractivity (Wildman–Crippen MR) is 178 cm³/mol. The topological polar surface area (TPSA) is 118 Å². The summed E-state index contributed by atoms with van der Waals surface area (Å²) in [5.74, 6) is 0.146. The number of carbonyl (C=O) groups is 2. The molecule has 3 aromatic carbocycles. The fourth-order valence-electron chi connectivity index (χ4n) is 5.64. The number of methoxy groups -OCH3 is 1. The van der Waals surface area contributed by atoms with Crippen molar-refractivity contribution in [1.82, 2.24) is 9.88 Å². The van der Waals surface area contributed by atoms with Gasteiger partial charge in [0.1, 0.15) is 24.6 Å². The third-order valence-corrected chi connectivity index (χ3v) is 8.79. The van der Waals surface area contributed by atoms with Gasteiger partial charge in [-0.05, 0) is 99.3 Å². The molecule has 9 nitrogen and oxygen atoms in total. The van der Waals surface area contributed by atoms with Crippen molar-refractivity contribution >= 4 is 11.9 Å². The Hall–Kier alpha value is -4.80. The maximum Gasteiger partial charge on any atom is 0.410 e. The number of hydrogen-bond acceptors (Lipinski definition) is 8. The normalized spacial score (nSPS) is 17.5. The first-order chi connectivity index (χ1) is 22.9. The number of nitrogens with zero attached hydrogens (tertiary/aromatic N) is 2. The van der Waals surface area contributed by atoms with E-state index < -0.39 is 29.2 Å². The minimum atomic E-state index is -1.54. The summed E-state index contributed by atoms with van der Waals surface area (Å²) in [5, 5.41) is 21.3. The van der Waals surface area contributed by atoms with E-state index in [1.165, 1.54) is 19.2 Å². The molecular formula is C38H41FN2O7. The van der Waals surface area contributed by atoms with E-state index >= 15 is 0 Å². The van der Waals surface area contributed by atoms with Crippen molar-refractivity contribution in [3.05, 3.63) is 113 Å². The second-order valence-electron chi connectivity index (χ2n) is 12.6. The Labute approximate surface area is 279 Å². The zero-order valence-corrected chi connectivity index (χ0v) is 27.6. The number of hydrogen-bond donors (Lipinski definition) is 2. The highest BCUT2D eigenvalue weighted by molar-refractivity contribution is 5.96. The van der Waals surface area contributed by atoms with Gasteiger partial charge >= 0.3 is 6.09 Å². The summed E-state index contributed by atoms with van der Waals surface area (Å²) in [6.45, 7) is 5.85. The molecule has 1 fully saturated rings. The average Bonchev–Trinajstić information content (AvgIpc) is 3.08. The fourth-order valence-corrected chi connectivity index (χ4v) is 5.64. The van der Waals surface area contributed by atoms with Gasteiger partial charge in [-0.1, -0.05) is 30.3 Å². The van der Waals surface area contributed by atoms with E-state index in [1.807, 2.05) is 43.3 Å². The van der Waals surface area contributed by atoms with Crippen molar-refractivity contribution in [3.63, 3.8) is 0 Å². The Morgan fingerprint density at radius 1 is 1.04 bits per heavy atom. The zero-order valence-electron chi connectivity index (χ0n) is 27.6. The number of ketones is 1. The van der Waals surface area contributed by atoms with Crippen LogP contribution in [0.4, 0.5) is 9.18 Å². The molecule has 1 amide bonds. The molecule has 0 bridgehead atoms. The Kier molecular flexibility index (Phi) is 10.5. The third kappa shape index (κ3) is 7.83. The fraction of sp³-hybridized carbons (Fsp3) is 0.342. The van der Waals surface area contributed by atoms with Gasteiger partial charge < -0.3 is 24.4 Å². The molecule has 0 spiro atoms. The molecule has 2 N–H and O–H groups in total. The monoisotopic (exact) mass is 656 g/mol. The predicted octanol–water partition coefficient (Wildman–Crippen LogP) is 6.78. The average molecular weight is 657 g/mol. The Bertz CT molecular complexity index is 1740. The number of aliphatic hydroxyl groups is 2. The molecule has 1 unspecified atom stereocenters. The number of benzene rings is 3. The SMILES string of the molecule is COc1cc(C(=O)CCC(C)(O)c2cc([C@]3(C)CCN3C(=O)OCc3ccccc3)cc(-c3ccc(F)cc3)n2)ccc1OC[C@@H](C)O. The summed E-state index contributed by atoms with van der Waals surface area (Å²) in [6, 6.07) is 23.8. The van der Waals surface area contributed by atoms with Crippen LogP contribution in [0.5, 0.6) is 11.5 Å². The number of amides is 1. The lowest BCUT2D eigenvalue weighted by Crippen LogP contribution is -2.58. The molecule has 3 atom stereocenters. The molecule has 0 aliphatic carbocycles. The molecule has 0 saturated carbocycles. The van der Waals surface area contributed by atoms with Crippen LogP contribution in [0.2, 0.25) is 0 Å². The first-order valence-corrected chi connectivity index (χ1v) is 15.9. The number of likely N-dealkylation sites (tertiary alicyclic amines) is 1. The van der Waals surface area contributed by atoms with E-state index in [2.05, 4.69) is 0 Å². The molecule has 1 aliphatic heterocycles. The molecular weight excluding hydrogens is 615 g/mol. The maximum absolute atomic E-state index is 13.8. The lowest BCUT2D eigenvalue weighted by molar-refractivity contribution is -0.0103. The summed E-state index contributed by atoms with van der Waals surface area (Å²) < 4.78 is 30.4. The highest BCUT2D eigenvalue weighted by Gasteiger charge is 2.46. The van der Waals surface area contributed by atoms with Crippen LogP contribution in [-0.4, -0.2) is 58.3 Å². The molecule has 10 heteroatoms. The number of carbonyl (C=O) groups excluding carboxylic acids is 2. The van der Waals surface area contributed by atoms with Crippen LogP contribution < -0.4 is 9.47 Å². The van der Waals surface area contributed by atoms with Gasteiger partial charge in [-0.3, -0.25) is 9.69 Å². The van der Waals surface area contributed by atoms with Gasteiger partial charge in [-0.25, -0.2) is 14.2 Å². The highest BCUT2D eigenvalue weighted by atomic mass is 19.1. The van der Waals surface area contributed by atoms with Crippen LogP contribution in [0.1, 0.15) is 67.2 Å². The first kappa shape index (κ1) is 34.5. The van der Waals surface area contributed by atoms with Crippen LogP contribution in [-0.2, 0) is 22.5 Å². The summed E-state index contributed by atoms with van der Waals surface area (Å²) in [7, 11) is 1.47. The van der Waals surface area contributed by atoms with Crippen molar-refractivity contribution in [1.29, 1.82) is 0 Å². The van der Waals surface area contributed by atoms with E-state index in [4.69, 9.17) is 19.2 Å². The maximum atomic E-state index is 13.8. The van der Waals surface area contributed by atoms with Gasteiger partial charge in [0.15, 0.2) is 17.3 Å². The zero-order chi connectivity index (χ0) is 34.5. The highest BCUT2D eigenvalue weighted by Crippen LogP contribution is 2.43. The molecule has 1 saturated heterocycles.